The molecule has 3 nitrogen and oxygen atoms in total. The highest BCUT2D eigenvalue weighted by molar-refractivity contribution is 6.09. The molecule has 0 saturated heterocycles. The summed E-state index contributed by atoms with van der Waals surface area (Å²) in [5, 5.41) is 4.78. The summed E-state index contributed by atoms with van der Waals surface area (Å²) in [4.78, 5) is 2.37. The highest BCUT2D eigenvalue weighted by Crippen LogP contribution is 2.43. The van der Waals surface area contributed by atoms with E-state index in [2.05, 4.69) is 216 Å². The van der Waals surface area contributed by atoms with Crippen molar-refractivity contribution in [3.63, 3.8) is 0 Å². The number of anilines is 3. The van der Waals surface area contributed by atoms with Gasteiger partial charge in [-0.3, -0.25) is 0 Å². The molecule has 0 bridgehead atoms. The van der Waals surface area contributed by atoms with Crippen molar-refractivity contribution < 1.29 is 4.42 Å². The number of nitrogens with zero attached hydrogens (tertiary/aromatic N) is 2. The number of aromatic nitrogens is 1. The predicted molar refractivity (Wildman–Crippen MR) is 239 cm³/mol. The zero-order valence-electron chi connectivity index (χ0n) is 31.1. The van der Waals surface area contributed by atoms with Crippen LogP contribution < -0.4 is 4.90 Å². The Kier molecular flexibility index (Phi) is 7.82. The average molecular weight is 729 g/mol. The molecule has 9 aromatic carbocycles. The summed E-state index contributed by atoms with van der Waals surface area (Å²) in [6, 6.07) is 78.1. The molecule has 0 spiro atoms. The number of hydrogen-bond acceptors (Lipinski definition) is 2. The Hall–Kier alpha value is -7.62. The van der Waals surface area contributed by atoms with Gasteiger partial charge in [0.2, 0.25) is 0 Å². The maximum absolute atomic E-state index is 6.35. The lowest BCUT2D eigenvalue weighted by Gasteiger charge is -2.28. The Morgan fingerprint density at radius 2 is 0.860 bits per heavy atom. The Morgan fingerprint density at radius 1 is 0.333 bits per heavy atom. The number of fused-ring (bicyclic) bond motifs is 6. The molecule has 0 radical (unpaired) electrons. The Labute approximate surface area is 330 Å². The van der Waals surface area contributed by atoms with Crippen LogP contribution in [0.25, 0.3) is 82.8 Å². The van der Waals surface area contributed by atoms with E-state index >= 15 is 0 Å². The molecule has 268 valence electrons. The molecular formula is C54H36N2O. The van der Waals surface area contributed by atoms with Crippen LogP contribution in [0.4, 0.5) is 17.1 Å². The van der Waals surface area contributed by atoms with E-state index in [1.54, 1.807) is 0 Å². The lowest BCUT2D eigenvalue weighted by Crippen LogP contribution is -2.11. The summed E-state index contributed by atoms with van der Waals surface area (Å²) in [7, 11) is 0. The molecule has 11 rings (SSSR count). The largest absolute Gasteiger partial charge is 0.456 e. The Bertz CT molecular complexity index is 3170. The minimum absolute atomic E-state index is 0.884. The van der Waals surface area contributed by atoms with E-state index in [1.165, 1.54) is 38.5 Å². The van der Waals surface area contributed by atoms with Crippen molar-refractivity contribution in [2.24, 2.45) is 0 Å². The van der Waals surface area contributed by atoms with Crippen LogP contribution >= 0.6 is 0 Å². The van der Waals surface area contributed by atoms with Gasteiger partial charge in [-0.1, -0.05) is 146 Å². The maximum atomic E-state index is 6.35. The number of hydrogen-bond donors (Lipinski definition) is 0. The zero-order chi connectivity index (χ0) is 37.7. The van der Waals surface area contributed by atoms with Gasteiger partial charge < -0.3 is 13.9 Å². The second kappa shape index (κ2) is 13.6. The maximum Gasteiger partial charge on any atom is 0.136 e. The fraction of sp³-hybridized carbons (Fsp3) is 0. The third-order valence-corrected chi connectivity index (χ3v) is 11.2. The van der Waals surface area contributed by atoms with Crippen LogP contribution in [0.2, 0.25) is 0 Å². The fourth-order valence-electron chi connectivity index (χ4n) is 8.50. The van der Waals surface area contributed by atoms with Crippen molar-refractivity contribution in [2.45, 2.75) is 0 Å². The number of para-hydroxylation sites is 4. The molecule has 2 heterocycles. The molecule has 0 aliphatic carbocycles. The molecule has 11 aromatic rings. The molecule has 0 saturated carbocycles. The third kappa shape index (κ3) is 5.68. The van der Waals surface area contributed by atoms with Crippen LogP contribution in [-0.2, 0) is 0 Å². The molecule has 2 aromatic heterocycles. The van der Waals surface area contributed by atoms with Crippen molar-refractivity contribution >= 4 is 60.8 Å². The topological polar surface area (TPSA) is 21.3 Å². The van der Waals surface area contributed by atoms with Crippen molar-refractivity contribution in [1.82, 2.24) is 4.57 Å². The van der Waals surface area contributed by atoms with Crippen LogP contribution in [0.15, 0.2) is 223 Å². The van der Waals surface area contributed by atoms with Gasteiger partial charge in [-0.2, -0.15) is 0 Å². The highest BCUT2D eigenvalue weighted by atomic mass is 16.3. The SMILES string of the molecule is c1ccc(-c2ccc(N(c3ccc(-c4cccc(-n5c6ccccc6c6ccccc65)c4)cc3)c3ccccc3-c3ccc4c(c3)oc3ccccc34)cc2)cc1. The summed E-state index contributed by atoms with van der Waals surface area (Å²) in [6.45, 7) is 0. The van der Waals surface area contributed by atoms with Crippen LogP contribution in [0.1, 0.15) is 0 Å². The molecule has 0 aliphatic heterocycles. The molecule has 0 N–H and O–H groups in total. The number of rotatable bonds is 7. The smallest absolute Gasteiger partial charge is 0.136 e. The molecule has 3 heteroatoms. The molecule has 0 fully saturated rings. The lowest BCUT2D eigenvalue weighted by atomic mass is 9.99. The van der Waals surface area contributed by atoms with Crippen molar-refractivity contribution in [3.8, 4) is 39.1 Å². The van der Waals surface area contributed by atoms with E-state index in [-0.39, 0.29) is 0 Å². The minimum atomic E-state index is 0.884. The van der Waals surface area contributed by atoms with E-state index in [4.69, 9.17) is 4.42 Å². The van der Waals surface area contributed by atoms with Gasteiger partial charge in [-0.25, -0.2) is 0 Å². The summed E-state index contributed by atoms with van der Waals surface area (Å²) in [6.07, 6.45) is 0. The normalized spacial score (nSPS) is 11.5. The van der Waals surface area contributed by atoms with Gasteiger partial charge in [0.1, 0.15) is 11.2 Å². The summed E-state index contributed by atoms with van der Waals surface area (Å²) in [5.41, 5.74) is 15.5. The minimum Gasteiger partial charge on any atom is -0.456 e. The van der Waals surface area contributed by atoms with Gasteiger partial charge >= 0.3 is 0 Å². The molecule has 0 unspecified atom stereocenters. The highest BCUT2D eigenvalue weighted by Gasteiger charge is 2.19. The second-order valence-corrected chi connectivity index (χ2v) is 14.5. The zero-order valence-corrected chi connectivity index (χ0v) is 31.1. The first kappa shape index (κ1) is 32.8. The first-order chi connectivity index (χ1) is 28.3. The summed E-state index contributed by atoms with van der Waals surface area (Å²) >= 11 is 0. The van der Waals surface area contributed by atoms with Gasteiger partial charge in [0, 0.05) is 44.2 Å². The van der Waals surface area contributed by atoms with E-state index in [0.717, 1.165) is 61.4 Å². The van der Waals surface area contributed by atoms with E-state index in [0.29, 0.717) is 0 Å². The average Bonchev–Trinajstić information content (AvgIpc) is 3.83. The van der Waals surface area contributed by atoms with Gasteiger partial charge in [0.05, 0.1) is 16.7 Å². The van der Waals surface area contributed by atoms with Gasteiger partial charge in [-0.15, -0.1) is 0 Å². The van der Waals surface area contributed by atoms with Crippen molar-refractivity contribution in [1.29, 1.82) is 0 Å². The predicted octanol–water partition coefficient (Wildman–Crippen LogP) is 15.2. The molecule has 0 amide bonds. The van der Waals surface area contributed by atoms with E-state index in [9.17, 15) is 0 Å². The number of benzene rings is 9. The van der Waals surface area contributed by atoms with Crippen LogP contribution in [-0.4, -0.2) is 4.57 Å². The van der Waals surface area contributed by atoms with Crippen LogP contribution in [0.3, 0.4) is 0 Å². The van der Waals surface area contributed by atoms with Crippen molar-refractivity contribution in [2.75, 3.05) is 4.90 Å². The fourth-order valence-corrected chi connectivity index (χ4v) is 8.50. The van der Waals surface area contributed by atoms with Gasteiger partial charge in [-0.05, 0) is 101 Å². The standard InChI is InChI=1S/C54H36N2O/c1-2-13-37(14-3-1)38-25-30-42(31-26-38)55(50-21-8-4-17-45(50)41-29-34-49-48-20-7-11-24-53(48)57-54(49)36-41)43-32-27-39(28-33-43)40-15-12-16-44(35-40)56-51-22-9-5-18-46(51)47-19-6-10-23-52(47)56/h1-36H. The van der Waals surface area contributed by atoms with Crippen molar-refractivity contribution in [3.05, 3.63) is 218 Å². The molecular weight excluding hydrogens is 693 g/mol. The summed E-state index contributed by atoms with van der Waals surface area (Å²) < 4.78 is 8.73. The molecule has 0 atom stereocenters. The Morgan fingerprint density at radius 3 is 1.58 bits per heavy atom. The van der Waals surface area contributed by atoms with Crippen LogP contribution in [0.5, 0.6) is 0 Å². The van der Waals surface area contributed by atoms with Crippen LogP contribution in [0, 0.1) is 0 Å². The Balaban J connectivity index is 1.02. The van der Waals surface area contributed by atoms with E-state index in [1.807, 2.05) is 12.1 Å². The van der Waals surface area contributed by atoms with E-state index < -0.39 is 0 Å². The second-order valence-electron chi connectivity index (χ2n) is 14.5. The first-order valence-electron chi connectivity index (χ1n) is 19.4. The van der Waals surface area contributed by atoms with Gasteiger partial charge in [0.15, 0.2) is 0 Å². The lowest BCUT2D eigenvalue weighted by molar-refractivity contribution is 0.669. The number of furan rings is 1. The first-order valence-corrected chi connectivity index (χ1v) is 19.4. The quantitative estimate of drug-likeness (QED) is 0.163. The third-order valence-electron chi connectivity index (χ3n) is 11.2. The molecule has 57 heavy (non-hydrogen) atoms. The van der Waals surface area contributed by atoms with Gasteiger partial charge in [0.25, 0.3) is 0 Å². The molecule has 0 aliphatic rings. The monoisotopic (exact) mass is 728 g/mol. The summed E-state index contributed by atoms with van der Waals surface area (Å²) in [5.74, 6) is 0.